The van der Waals surface area contributed by atoms with Crippen LogP contribution in [-0.2, 0) is 24.3 Å². The quantitative estimate of drug-likeness (QED) is 0.277. The van der Waals surface area contributed by atoms with E-state index in [1.807, 2.05) is 0 Å². The van der Waals surface area contributed by atoms with Gasteiger partial charge in [0.25, 0.3) is 5.91 Å². The number of nitrogens with zero attached hydrogens (tertiary/aromatic N) is 2. The molecule has 13 nitrogen and oxygen atoms in total. The van der Waals surface area contributed by atoms with Crippen LogP contribution in [0.1, 0.15) is 25.7 Å². The number of fused-ring (bicyclic) bond motifs is 2. The zero-order valence-corrected chi connectivity index (χ0v) is 16.3. The second kappa shape index (κ2) is 7.64. The van der Waals surface area contributed by atoms with Gasteiger partial charge in [0.1, 0.15) is 6.04 Å². The van der Waals surface area contributed by atoms with Crippen LogP contribution >= 0.6 is 10.6 Å². The van der Waals surface area contributed by atoms with Crippen LogP contribution in [0.3, 0.4) is 0 Å². The molecule has 0 aliphatic carbocycles. The molecule has 3 aliphatic rings. The number of rotatable bonds is 4. The van der Waals surface area contributed by atoms with Crippen molar-refractivity contribution in [1.29, 1.82) is 0 Å². The first-order valence-electron chi connectivity index (χ1n) is 8.57. The Morgan fingerprint density at radius 2 is 1.68 bits per heavy atom. The normalized spacial score (nSPS) is 28.8. The minimum absolute atomic E-state index is 0.0425. The van der Waals surface area contributed by atoms with E-state index in [-0.39, 0.29) is 30.9 Å². The van der Waals surface area contributed by atoms with Gasteiger partial charge in [-0.15, -0.1) is 4.28 Å². The Hall–Kier alpha value is -1.65. The van der Waals surface area contributed by atoms with Crippen molar-refractivity contribution in [2.24, 2.45) is 5.92 Å². The third-order valence-corrected chi connectivity index (χ3v) is 7.19. The molecule has 5 N–H and O–H groups in total. The Labute approximate surface area is 162 Å². The monoisotopic (exact) mass is 442 g/mol. The largest absolute Gasteiger partial charge is 0.418 e. The molecule has 0 radical (unpaired) electrons. The fourth-order valence-electron chi connectivity index (χ4n) is 3.58. The summed E-state index contributed by atoms with van der Waals surface area (Å²) in [6.45, 7) is 0.0425. The fraction of sp³-hybridized carbons (Fsp3) is 0.769. The van der Waals surface area contributed by atoms with Gasteiger partial charge in [0, 0.05) is 24.0 Å². The number of amides is 4. The Morgan fingerprint density at radius 1 is 1.07 bits per heavy atom. The van der Waals surface area contributed by atoms with E-state index in [2.05, 4.69) is 15.1 Å². The first-order chi connectivity index (χ1) is 13.0. The van der Waals surface area contributed by atoms with Gasteiger partial charge in [0.05, 0.1) is 6.04 Å². The zero-order chi connectivity index (χ0) is 20.7. The van der Waals surface area contributed by atoms with Crippen LogP contribution in [0.4, 0.5) is 4.79 Å². The summed E-state index contributed by atoms with van der Waals surface area (Å²) < 4.78 is 53.9. The smallest absolute Gasteiger partial charge is 0.309 e. The lowest BCUT2D eigenvalue weighted by atomic mass is 10.0. The van der Waals surface area contributed by atoms with Gasteiger partial charge in [-0.1, -0.05) is 0 Å². The summed E-state index contributed by atoms with van der Waals surface area (Å²) in [6.07, 6.45) is 1.07. The molecule has 2 bridgehead atoms. The van der Waals surface area contributed by atoms with Gasteiger partial charge in [-0.05, 0) is 25.7 Å². The standard InChI is InChI=1S/C13H22N4O9S2/c18-11(8-3-5-27(21,22)6-4-8)14-15-12(19)10-2-1-9-7-16(10)13(20)17(9)26-28(23,24)25/h8-10,21-22H,1-7H2,(H,14,18)(H,15,19)(H,23,24,25)/t9-,10+/m1/s1. The number of hydrogen-bond donors (Lipinski definition) is 5. The van der Waals surface area contributed by atoms with Gasteiger partial charge in [0.15, 0.2) is 0 Å². The summed E-state index contributed by atoms with van der Waals surface area (Å²) >= 11 is 0. The summed E-state index contributed by atoms with van der Waals surface area (Å²) in [6, 6.07) is -2.42. The summed E-state index contributed by atoms with van der Waals surface area (Å²) in [5, 5.41) is 0.529. The number of carbonyl (C=O) groups excluding carboxylic acids is 3. The molecule has 0 saturated carbocycles. The van der Waals surface area contributed by atoms with Gasteiger partial charge in [0.2, 0.25) is 5.91 Å². The topological polar surface area (TPSA) is 186 Å². The van der Waals surface area contributed by atoms with Crippen LogP contribution in [0.25, 0.3) is 0 Å². The van der Waals surface area contributed by atoms with Crippen LogP contribution in [0.5, 0.6) is 0 Å². The number of hydroxylamine groups is 2. The van der Waals surface area contributed by atoms with E-state index in [0.717, 1.165) is 4.90 Å². The summed E-state index contributed by atoms with van der Waals surface area (Å²) in [5.41, 5.74) is 4.55. The number of hydrogen-bond acceptors (Lipinski definition) is 8. The highest BCUT2D eigenvalue weighted by Crippen LogP contribution is 2.45. The van der Waals surface area contributed by atoms with E-state index < -0.39 is 56.8 Å². The number of piperidine rings is 1. The maximum Gasteiger partial charge on any atom is 0.418 e. The van der Waals surface area contributed by atoms with E-state index in [4.69, 9.17) is 4.55 Å². The van der Waals surface area contributed by atoms with Crippen LogP contribution in [0.2, 0.25) is 0 Å². The maximum atomic E-state index is 12.4. The number of urea groups is 1. The van der Waals surface area contributed by atoms with E-state index in [9.17, 15) is 31.9 Å². The third-order valence-electron chi connectivity index (χ3n) is 5.07. The SMILES string of the molecule is O=C(NNC(=O)[C@@H]1CC[C@@H]2CN1C(=O)N2OS(=O)(=O)O)C1CCS(O)(O)CC1. The lowest BCUT2D eigenvalue weighted by Crippen LogP contribution is -2.55. The summed E-state index contributed by atoms with van der Waals surface area (Å²) in [4.78, 5) is 37.9. The highest BCUT2D eigenvalue weighted by molar-refractivity contribution is 8.24. The van der Waals surface area contributed by atoms with Crippen molar-refractivity contribution in [1.82, 2.24) is 20.8 Å². The second-order valence-electron chi connectivity index (χ2n) is 6.97. The molecule has 0 unspecified atom stereocenters. The molecule has 0 aromatic carbocycles. The molecule has 28 heavy (non-hydrogen) atoms. The van der Waals surface area contributed by atoms with Gasteiger partial charge < -0.3 is 4.90 Å². The Bertz CT molecular complexity index is 764. The Kier molecular flexibility index (Phi) is 5.75. The minimum Gasteiger partial charge on any atom is -0.309 e. The van der Waals surface area contributed by atoms with E-state index in [1.54, 1.807) is 0 Å². The van der Waals surface area contributed by atoms with E-state index >= 15 is 0 Å². The molecule has 3 aliphatic heterocycles. The minimum atomic E-state index is -4.87. The third kappa shape index (κ3) is 4.66. The number of carbonyl (C=O) groups is 3. The van der Waals surface area contributed by atoms with Crippen LogP contribution in [-0.4, -0.2) is 80.0 Å². The van der Waals surface area contributed by atoms with E-state index in [1.165, 1.54) is 0 Å². The Morgan fingerprint density at radius 3 is 2.29 bits per heavy atom. The molecule has 0 spiro atoms. The predicted molar refractivity (Wildman–Crippen MR) is 95.0 cm³/mol. The number of hydrazine groups is 1. The molecule has 3 saturated heterocycles. The lowest BCUT2D eigenvalue weighted by molar-refractivity contribution is -0.133. The van der Waals surface area contributed by atoms with Gasteiger partial charge in [-0.2, -0.15) is 24.1 Å². The van der Waals surface area contributed by atoms with E-state index in [0.29, 0.717) is 17.9 Å². The molecular formula is C13H22N4O9S2. The first kappa shape index (κ1) is 21.1. The fourth-order valence-corrected chi connectivity index (χ4v) is 5.50. The number of nitrogens with one attached hydrogen (secondary N) is 2. The van der Waals surface area contributed by atoms with Gasteiger partial charge in [-0.3, -0.25) is 34.1 Å². The molecule has 4 amide bonds. The average molecular weight is 442 g/mol. The average Bonchev–Trinajstić information content (AvgIpc) is 2.83. The first-order valence-corrected chi connectivity index (χ1v) is 11.8. The highest BCUT2D eigenvalue weighted by atomic mass is 32.3. The highest BCUT2D eigenvalue weighted by Gasteiger charge is 2.49. The van der Waals surface area contributed by atoms with Crippen LogP contribution in [0.15, 0.2) is 0 Å². The van der Waals surface area contributed by atoms with Gasteiger partial charge in [-0.25, -0.2) is 4.79 Å². The van der Waals surface area contributed by atoms with Crippen molar-refractivity contribution in [2.45, 2.75) is 37.8 Å². The predicted octanol–water partition coefficient (Wildman–Crippen LogP) is -0.703. The second-order valence-corrected chi connectivity index (χ2v) is 10.4. The van der Waals surface area contributed by atoms with Crippen molar-refractivity contribution in [2.75, 3.05) is 18.1 Å². The maximum absolute atomic E-state index is 12.4. The summed E-state index contributed by atoms with van der Waals surface area (Å²) in [7, 11) is -7.49. The molecule has 0 aromatic heterocycles. The van der Waals surface area contributed by atoms with Crippen molar-refractivity contribution in [3.05, 3.63) is 0 Å². The van der Waals surface area contributed by atoms with Crippen molar-refractivity contribution in [3.8, 4) is 0 Å². The van der Waals surface area contributed by atoms with Crippen LogP contribution in [0, 0.1) is 5.92 Å². The molecule has 160 valence electrons. The van der Waals surface area contributed by atoms with Crippen molar-refractivity contribution >= 4 is 38.8 Å². The zero-order valence-electron chi connectivity index (χ0n) is 14.7. The molecule has 3 rings (SSSR count). The summed E-state index contributed by atoms with van der Waals surface area (Å²) in [5.74, 6) is -1.29. The van der Waals surface area contributed by atoms with Crippen molar-refractivity contribution in [3.63, 3.8) is 0 Å². The molecule has 15 heteroatoms. The van der Waals surface area contributed by atoms with Crippen LogP contribution < -0.4 is 10.9 Å². The molecule has 2 atom stereocenters. The van der Waals surface area contributed by atoms with Gasteiger partial charge >= 0.3 is 16.4 Å². The molecule has 3 fully saturated rings. The molecule has 0 aromatic rings. The Balaban J connectivity index is 1.53. The lowest BCUT2D eigenvalue weighted by Gasteiger charge is -2.38. The van der Waals surface area contributed by atoms with Crippen molar-refractivity contribution < 1.29 is 40.7 Å². The molecular weight excluding hydrogens is 420 g/mol. The molecule has 3 heterocycles.